The molecule has 1 saturated carbocycles. The molecule has 1 N–H and O–H groups in total. The third-order valence-corrected chi connectivity index (χ3v) is 5.15. The van der Waals surface area contributed by atoms with Crippen LogP contribution in [0.2, 0.25) is 0 Å². The van der Waals surface area contributed by atoms with Crippen LogP contribution < -0.4 is 5.32 Å². The zero-order valence-electron chi connectivity index (χ0n) is 12.7. The van der Waals surface area contributed by atoms with Crippen LogP contribution in [-0.2, 0) is 5.41 Å². The van der Waals surface area contributed by atoms with Gasteiger partial charge in [0.15, 0.2) is 5.82 Å². The Morgan fingerprint density at radius 3 is 2.65 bits per heavy atom. The lowest BCUT2D eigenvalue weighted by molar-refractivity contribution is 0.208. The van der Waals surface area contributed by atoms with Crippen molar-refractivity contribution in [1.29, 1.82) is 0 Å². The second kappa shape index (κ2) is 6.25. The van der Waals surface area contributed by atoms with Gasteiger partial charge in [0.1, 0.15) is 0 Å². The van der Waals surface area contributed by atoms with Crippen molar-refractivity contribution in [2.24, 2.45) is 0 Å². The number of aromatic nitrogens is 2. The Balaban J connectivity index is 1.79. The smallest absolute Gasteiger partial charge is 0.232 e. The fourth-order valence-electron chi connectivity index (χ4n) is 3.93. The topological polar surface area (TPSA) is 51.0 Å². The van der Waals surface area contributed by atoms with Crippen LogP contribution in [0.3, 0.4) is 0 Å². The van der Waals surface area contributed by atoms with Gasteiger partial charge in [-0.15, -0.1) is 0 Å². The van der Waals surface area contributed by atoms with Crippen molar-refractivity contribution in [3.8, 4) is 0 Å². The molecule has 1 aromatic rings. The number of piperidine rings is 1. The highest BCUT2D eigenvalue weighted by atomic mass is 16.5. The predicted octanol–water partition coefficient (Wildman–Crippen LogP) is 3.54. The van der Waals surface area contributed by atoms with Gasteiger partial charge in [-0.3, -0.25) is 0 Å². The van der Waals surface area contributed by atoms with E-state index in [0.717, 1.165) is 37.6 Å². The van der Waals surface area contributed by atoms with E-state index in [2.05, 4.69) is 17.4 Å². The molecular formula is C16H27N3O. The minimum Gasteiger partial charge on any atom is -0.339 e. The van der Waals surface area contributed by atoms with Gasteiger partial charge in [-0.1, -0.05) is 37.8 Å². The number of nitrogens with zero attached hydrogens (tertiary/aromatic N) is 2. The monoisotopic (exact) mass is 277 g/mol. The molecule has 1 aromatic heterocycles. The van der Waals surface area contributed by atoms with E-state index in [1.165, 1.54) is 44.9 Å². The lowest BCUT2D eigenvalue weighted by Gasteiger charge is -2.34. The maximum absolute atomic E-state index is 5.72. The molecule has 0 spiro atoms. The van der Waals surface area contributed by atoms with E-state index in [1.54, 1.807) is 0 Å². The maximum Gasteiger partial charge on any atom is 0.232 e. The molecule has 1 aliphatic carbocycles. The molecule has 2 fully saturated rings. The summed E-state index contributed by atoms with van der Waals surface area (Å²) in [6.45, 7) is 4.39. The van der Waals surface area contributed by atoms with Gasteiger partial charge in [-0.05, 0) is 45.2 Å². The Bertz CT molecular complexity index is 412. The van der Waals surface area contributed by atoms with Gasteiger partial charge >= 0.3 is 0 Å². The Morgan fingerprint density at radius 1 is 1.20 bits per heavy atom. The highest BCUT2D eigenvalue weighted by Crippen LogP contribution is 2.38. The molecule has 0 aromatic carbocycles. The van der Waals surface area contributed by atoms with Gasteiger partial charge in [-0.25, -0.2) is 0 Å². The van der Waals surface area contributed by atoms with Gasteiger partial charge in [0, 0.05) is 5.92 Å². The quantitative estimate of drug-likeness (QED) is 0.914. The van der Waals surface area contributed by atoms with Crippen LogP contribution in [0.1, 0.15) is 82.3 Å². The molecule has 1 saturated heterocycles. The number of nitrogens with one attached hydrogen (secondary N) is 1. The lowest BCUT2D eigenvalue weighted by atomic mass is 9.75. The van der Waals surface area contributed by atoms with Gasteiger partial charge in [0.2, 0.25) is 5.89 Å². The summed E-state index contributed by atoms with van der Waals surface area (Å²) >= 11 is 0. The van der Waals surface area contributed by atoms with Gasteiger partial charge in [-0.2, -0.15) is 4.98 Å². The Kier molecular flexibility index (Phi) is 4.39. The molecule has 4 heteroatoms. The first kappa shape index (κ1) is 14.1. The number of hydrogen-bond acceptors (Lipinski definition) is 4. The van der Waals surface area contributed by atoms with Crippen LogP contribution in [0, 0.1) is 0 Å². The summed E-state index contributed by atoms with van der Waals surface area (Å²) in [7, 11) is 0. The summed E-state index contributed by atoms with van der Waals surface area (Å²) in [5.74, 6) is 2.44. The largest absolute Gasteiger partial charge is 0.339 e. The molecule has 1 aliphatic heterocycles. The molecule has 2 heterocycles. The van der Waals surface area contributed by atoms with Crippen molar-refractivity contribution in [1.82, 2.24) is 15.5 Å². The fraction of sp³-hybridized carbons (Fsp3) is 0.875. The first-order chi connectivity index (χ1) is 9.84. The Hall–Kier alpha value is -0.900. The summed E-state index contributed by atoms with van der Waals surface area (Å²) in [6, 6.07) is 0. The minimum atomic E-state index is 0.139. The SMILES string of the molecule is CCCC1(c2nc(C3CCCCC3)no2)CCNCC1. The highest BCUT2D eigenvalue weighted by molar-refractivity contribution is 5.09. The summed E-state index contributed by atoms with van der Waals surface area (Å²) < 4.78 is 5.72. The molecule has 0 bridgehead atoms. The molecule has 4 nitrogen and oxygen atoms in total. The van der Waals surface area contributed by atoms with Crippen LogP contribution in [0.4, 0.5) is 0 Å². The van der Waals surface area contributed by atoms with Crippen molar-refractivity contribution in [2.75, 3.05) is 13.1 Å². The molecule has 3 rings (SSSR count). The lowest BCUT2D eigenvalue weighted by Crippen LogP contribution is -2.40. The second-order valence-corrected chi connectivity index (χ2v) is 6.57. The zero-order valence-corrected chi connectivity index (χ0v) is 12.7. The molecule has 2 aliphatic rings. The minimum absolute atomic E-state index is 0.139. The molecule has 0 radical (unpaired) electrons. The average Bonchev–Trinajstić information content (AvgIpc) is 3.00. The second-order valence-electron chi connectivity index (χ2n) is 6.57. The Morgan fingerprint density at radius 2 is 1.95 bits per heavy atom. The summed E-state index contributed by atoms with van der Waals surface area (Å²) in [4.78, 5) is 4.84. The molecule has 0 amide bonds. The normalized spacial score (nSPS) is 23.9. The van der Waals surface area contributed by atoms with Crippen molar-refractivity contribution in [3.05, 3.63) is 11.7 Å². The first-order valence-corrected chi connectivity index (χ1v) is 8.39. The van der Waals surface area contributed by atoms with Gasteiger partial charge < -0.3 is 9.84 Å². The zero-order chi connectivity index (χ0) is 13.8. The van der Waals surface area contributed by atoms with E-state index in [-0.39, 0.29) is 5.41 Å². The van der Waals surface area contributed by atoms with Crippen molar-refractivity contribution in [2.45, 2.75) is 76.0 Å². The molecule has 0 unspecified atom stereocenters. The highest BCUT2D eigenvalue weighted by Gasteiger charge is 2.38. The van der Waals surface area contributed by atoms with E-state index >= 15 is 0 Å². The fourth-order valence-corrected chi connectivity index (χ4v) is 3.93. The van der Waals surface area contributed by atoms with Crippen molar-refractivity contribution < 1.29 is 4.52 Å². The van der Waals surface area contributed by atoms with Crippen molar-refractivity contribution in [3.63, 3.8) is 0 Å². The summed E-state index contributed by atoms with van der Waals surface area (Å²) in [6.07, 6.45) is 11.1. The molecule has 112 valence electrons. The van der Waals surface area contributed by atoms with E-state index < -0.39 is 0 Å². The van der Waals surface area contributed by atoms with Crippen LogP contribution >= 0.6 is 0 Å². The third-order valence-electron chi connectivity index (χ3n) is 5.15. The molecule has 20 heavy (non-hydrogen) atoms. The third kappa shape index (κ3) is 2.76. The molecule has 0 atom stereocenters. The van der Waals surface area contributed by atoms with Crippen LogP contribution in [-0.4, -0.2) is 23.2 Å². The number of hydrogen-bond donors (Lipinski definition) is 1. The van der Waals surface area contributed by atoms with Gasteiger partial charge in [0.25, 0.3) is 0 Å². The van der Waals surface area contributed by atoms with Crippen LogP contribution in [0.5, 0.6) is 0 Å². The van der Waals surface area contributed by atoms with E-state index in [9.17, 15) is 0 Å². The van der Waals surface area contributed by atoms with E-state index in [1.807, 2.05) is 0 Å². The summed E-state index contributed by atoms with van der Waals surface area (Å²) in [5, 5.41) is 7.78. The Labute approximate surface area is 121 Å². The average molecular weight is 277 g/mol. The number of rotatable bonds is 4. The van der Waals surface area contributed by atoms with Gasteiger partial charge in [0.05, 0.1) is 5.41 Å². The molecular weight excluding hydrogens is 250 g/mol. The van der Waals surface area contributed by atoms with Crippen LogP contribution in [0.15, 0.2) is 4.52 Å². The van der Waals surface area contributed by atoms with E-state index in [0.29, 0.717) is 5.92 Å². The maximum atomic E-state index is 5.72. The predicted molar refractivity (Wildman–Crippen MR) is 78.8 cm³/mol. The summed E-state index contributed by atoms with van der Waals surface area (Å²) in [5.41, 5.74) is 0.139. The van der Waals surface area contributed by atoms with Crippen LogP contribution in [0.25, 0.3) is 0 Å². The van der Waals surface area contributed by atoms with Crippen molar-refractivity contribution >= 4 is 0 Å². The van der Waals surface area contributed by atoms with E-state index in [4.69, 9.17) is 9.51 Å². The first-order valence-electron chi connectivity index (χ1n) is 8.39. The standard InChI is InChI=1S/C16H27N3O/c1-2-8-16(9-11-17-12-10-16)15-18-14(19-20-15)13-6-4-3-5-7-13/h13,17H,2-12H2,1H3.